The molecule has 2 aromatic rings. The summed E-state index contributed by atoms with van der Waals surface area (Å²) in [6.45, 7) is 0.685. The van der Waals surface area contributed by atoms with Gasteiger partial charge in [-0.05, 0) is 48.6 Å². The lowest BCUT2D eigenvalue weighted by molar-refractivity contribution is -0.141. The molecule has 1 amide bonds. The van der Waals surface area contributed by atoms with Crippen LogP contribution in [0.5, 0.6) is 0 Å². The van der Waals surface area contributed by atoms with Gasteiger partial charge in [0.2, 0.25) is 0 Å². The summed E-state index contributed by atoms with van der Waals surface area (Å²) in [4.78, 5) is 28.3. The number of amides is 1. The minimum atomic E-state index is -0.857. The zero-order valence-electron chi connectivity index (χ0n) is 13.6. The van der Waals surface area contributed by atoms with Gasteiger partial charge >= 0.3 is 5.97 Å². The monoisotopic (exact) mass is 375 g/mol. The SMILES string of the molecule is O=C(O)[C@@H]1CN(C(=O)c2cc3c(s2)CCC3)C[C@H]1c1ccc(Cl)cc1. The number of carbonyl (C=O) groups is 2. The molecular weight excluding hydrogens is 358 g/mol. The van der Waals surface area contributed by atoms with Gasteiger partial charge in [0.15, 0.2) is 0 Å². The molecule has 1 fully saturated rings. The number of benzene rings is 1. The lowest BCUT2D eigenvalue weighted by atomic mass is 9.89. The van der Waals surface area contributed by atoms with Crippen LogP contribution in [-0.2, 0) is 17.6 Å². The number of aryl methyl sites for hydroxylation is 2. The number of carbonyl (C=O) groups excluding carboxylic acids is 1. The average molecular weight is 376 g/mol. The van der Waals surface area contributed by atoms with E-state index in [1.807, 2.05) is 18.2 Å². The van der Waals surface area contributed by atoms with Crippen LogP contribution in [0.3, 0.4) is 0 Å². The molecule has 4 nitrogen and oxygen atoms in total. The number of hydrogen-bond acceptors (Lipinski definition) is 3. The minimum Gasteiger partial charge on any atom is -0.481 e. The Morgan fingerprint density at radius 1 is 1.16 bits per heavy atom. The highest BCUT2D eigenvalue weighted by atomic mass is 35.5. The van der Waals surface area contributed by atoms with Gasteiger partial charge in [-0.15, -0.1) is 11.3 Å². The van der Waals surface area contributed by atoms with Gasteiger partial charge in [0.05, 0.1) is 10.8 Å². The number of thiophene rings is 1. The van der Waals surface area contributed by atoms with E-state index < -0.39 is 11.9 Å². The van der Waals surface area contributed by atoms with Crippen LogP contribution in [0, 0.1) is 5.92 Å². The van der Waals surface area contributed by atoms with Crippen molar-refractivity contribution in [2.24, 2.45) is 5.92 Å². The van der Waals surface area contributed by atoms with Gasteiger partial charge < -0.3 is 10.0 Å². The first-order valence-corrected chi connectivity index (χ1v) is 9.61. The maximum Gasteiger partial charge on any atom is 0.308 e. The molecule has 1 aliphatic heterocycles. The van der Waals surface area contributed by atoms with Crippen LogP contribution in [0.25, 0.3) is 0 Å². The van der Waals surface area contributed by atoms with E-state index >= 15 is 0 Å². The largest absolute Gasteiger partial charge is 0.481 e. The Balaban J connectivity index is 1.57. The van der Waals surface area contributed by atoms with Gasteiger partial charge in [-0.1, -0.05) is 23.7 Å². The molecule has 1 aromatic heterocycles. The summed E-state index contributed by atoms with van der Waals surface area (Å²) in [5.41, 5.74) is 2.21. The fraction of sp³-hybridized carbons (Fsp3) is 0.368. The van der Waals surface area contributed by atoms with Gasteiger partial charge in [-0.3, -0.25) is 9.59 Å². The molecule has 1 aliphatic carbocycles. The lowest BCUT2D eigenvalue weighted by Gasteiger charge is -2.16. The van der Waals surface area contributed by atoms with Crippen LogP contribution in [0.2, 0.25) is 5.02 Å². The number of halogens is 1. The Bertz CT molecular complexity index is 808. The standard InChI is InChI=1S/C19H18ClNO3S/c20-13-6-4-11(5-7-13)14-9-21(10-15(14)19(23)24)18(22)17-8-12-2-1-3-16(12)25-17/h4-8,14-15H,1-3,9-10H2,(H,23,24)/t14-,15+/m0/s1. The van der Waals surface area contributed by atoms with E-state index in [1.165, 1.54) is 16.9 Å². The maximum atomic E-state index is 12.9. The summed E-state index contributed by atoms with van der Waals surface area (Å²) in [5.74, 6) is -1.69. The number of fused-ring (bicyclic) bond motifs is 1. The van der Waals surface area contributed by atoms with Crippen molar-refractivity contribution in [1.82, 2.24) is 4.90 Å². The Kier molecular flexibility index (Phi) is 4.29. The molecule has 2 aliphatic rings. The van der Waals surface area contributed by atoms with Gasteiger partial charge in [0, 0.05) is 28.9 Å². The maximum absolute atomic E-state index is 12.9. The van der Waals surface area contributed by atoms with Crippen molar-refractivity contribution in [2.45, 2.75) is 25.2 Å². The molecule has 0 spiro atoms. The number of likely N-dealkylation sites (tertiary alicyclic amines) is 1. The quantitative estimate of drug-likeness (QED) is 0.886. The number of nitrogens with zero attached hydrogens (tertiary/aromatic N) is 1. The van der Waals surface area contributed by atoms with Crippen LogP contribution in [-0.4, -0.2) is 35.0 Å². The van der Waals surface area contributed by atoms with Gasteiger partial charge in [-0.2, -0.15) is 0 Å². The van der Waals surface area contributed by atoms with Crippen LogP contribution in [0.15, 0.2) is 30.3 Å². The Morgan fingerprint density at radius 2 is 1.92 bits per heavy atom. The Labute approximate surface area is 155 Å². The second-order valence-corrected chi connectivity index (χ2v) is 8.30. The second-order valence-electron chi connectivity index (χ2n) is 6.73. The lowest BCUT2D eigenvalue weighted by Crippen LogP contribution is -2.29. The van der Waals surface area contributed by atoms with Gasteiger partial charge in [0.25, 0.3) is 5.91 Å². The number of rotatable bonds is 3. The van der Waals surface area contributed by atoms with Crippen molar-refractivity contribution >= 4 is 34.8 Å². The van der Waals surface area contributed by atoms with Gasteiger partial charge in [-0.25, -0.2) is 0 Å². The number of carboxylic acids is 1. The molecule has 1 aromatic carbocycles. The summed E-state index contributed by atoms with van der Waals surface area (Å²) in [6.07, 6.45) is 3.27. The molecule has 2 heterocycles. The summed E-state index contributed by atoms with van der Waals surface area (Å²) >= 11 is 7.50. The first kappa shape index (κ1) is 16.6. The van der Waals surface area contributed by atoms with Crippen molar-refractivity contribution in [3.8, 4) is 0 Å². The summed E-state index contributed by atoms with van der Waals surface area (Å²) in [6, 6.07) is 9.25. The van der Waals surface area contributed by atoms with Crippen LogP contribution in [0.4, 0.5) is 0 Å². The zero-order valence-corrected chi connectivity index (χ0v) is 15.1. The highest BCUT2D eigenvalue weighted by Gasteiger charge is 2.41. The number of aliphatic carboxylic acids is 1. The predicted molar refractivity (Wildman–Crippen MR) is 97.6 cm³/mol. The molecule has 1 saturated heterocycles. The van der Waals surface area contributed by atoms with E-state index in [2.05, 4.69) is 0 Å². The molecule has 1 N–H and O–H groups in total. The first-order chi connectivity index (χ1) is 12.0. The van der Waals surface area contributed by atoms with Crippen LogP contribution in [0.1, 0.15) is 38.0 Å². The topological polar surface area (TPSA) is 57.6 Å². The van der Waals surface area contributed by atoms with E-state index in [0.29, 0.717) is 11.6 Å². The Hall–Kier alpha value is -1.85. The molecular formula is C19H18ClNO3S. The fourth-order valence-corrected chi connectivity index (χ4v) is 5.21. The van der Waals surface area contributed by atoms with Crippen molar-refractivity contribution in [3.05, 3.63) is 56.2 Å². The third-order valence-electron chi connectivity index (χ3n) is 5.18. The van der Waals surface area contributed by atoms with E-state index in [4.69, 9.17) is 11.6 Å². The molecule has 0 radical (unpaired) electrons. The highest BCUT2D eigenvalue weighted by molar-refractivity contribution is 7.14. The highest BCUT2D eigenvalue weighted by Crippen LogP contribution is 2.36. The normalized spacial score (nSPS) is 22.2. The van der Waals surface area contributed by atoms with Crippen molar-refractivity contribution in [3.63, 3.8) is 0 Å². The molecule has 0 unspecified atom stereocenters. The predicted octanol–water partition coefficient (Wildman–Crippen LogP) is 3.83. The van der Waals surface area contributed by atoms with Gasteiger partial charge in [0.1, 0.15) is 0 Å². The van der Waals surface area contributed by atoms with Crippen LogP contribution >= 0.6 is 22.9 Å². The first-order valence-electron chi connectivity index (χ1n) is 8.42. The Morgan fingerprint density at radius 3 is 2.60 bits per heavy atom. The van der Waals surface area contributed by atoms with E-state index in [9.17, 15) is 14.7 Å². The average Bonchev–Trinajstić information content (AvgIpc) is 3.28. The second kappa shape index (κ2) is 6.46. The minimum absolute atomic E-state index is 0.0397. The molecule has 0 bridgehead atoms. The fourth-order valence-electron chi connectivity index (χ4n) is 3.86. The molecule has 2 atom stereocenters. The molecule has 4 rings (SSSR count). The van der Waals surface area contributed by atoms with Crippen molar-refractivity contribution < 1.29 is 14.7 Å². The summed E-state index contributed by atoms with van der Waals surface area (Å²) in [5, 5.41) is 10.2. The smallest absolute Gasteiger partial charge is 0.308 e. The third-order valence-corrected chi connectivity index (χ3v) is 6.66. The molecule has 0 saturated carbocycles. The zero-order chi connectivity index (χ0) is 17.6. The van der Waals surface area contributed by atoms with Crippen molar-refractivity contribution in [1.29, 1.82) is 0 Å². The molecule has 130 valence electrons. The molecule has 6 heteroatoms. The molecule has 25 heavy (non-hydrogen) atoms. The number of hydrogen-bond donors (Lipinski definition) is 1. The third kappa shape index (κ3) is 3.07. The van der Waals surface area contributed by atoms with E-state index in [-0.39, 0.29) is 18.4 Å². The van der Waals surface area contributed by atoms with E-state index in [0.717, 1.165) is 23.3 Å². The number of carboxylic acid groups (broad SMARTS) is 1. The van der Waals surface area contributed by atoms with E-state index in [1.54, 1.807) is 28.4 Å². The summed E-state index contributed by atoms with van der Waals surface area (Å²) in [7, 11) is 0. The summed E-state index contributed by atoms with van der Waals surface area (Å²) < 4.78 is 0. The van der Waals surface area contributed by atoms with Crippen molar-refractivity contribution in [2.75, 3.05) is 13.1 Å². The van der Waals surface area contributed by atoms with Crippen LogP contribution < -0.4 is 0 Å².